The van der Waals surface area contributed by atoms with Gasteiger partial charge < -0.3 is 15.7 Å². The number of benzene rings is 1. The summed E-state index contributed by atoms with van der Waals surface area (Å²) in [6.45, 7) is 1.62. The van der Waals surface area contributed by atoms with Crippen molar-refractivity contribution in [1.29, 1.82) is 0 Å². The molecular formula is C14H20N2O2. The van der Waals surface area contributed by atoms with Crippen molar-refractivity contribution < 1.29 is 9.90 Å². The lowest BCUT2D eigenvalue weighted by Gasteiger charge is -2.25. The van der Waals surface area contributed by atoms with Crippen molar-refractivity contribution in [3.8, 4) is 0 Å². The second-order valence-corrected chi connectivity index (χ2v) is 4.89. The minimum absolute atomic E-state index is 0.581. The van der Waals surface area contributed by atoms with Gasteiger partial charge in [0.05, 0.1) is 0 Å². The standard InChI is InChI=1S/C14H20N2O2/c1-15-7-4-8-16-14(13(17)18)9-11-5-2-3-6-12(11)10-14/h2-3,5-6,15-16H,4,7-10H2,1H3,(H,17,18). The maximum absolute atomic E-state index is 11.6. The minimum atomic E-state index is -0.808. The highest BCUT2D eigenvalue weighted by molar-refractivity contribution is 5.81. The monoisotopic (exact) mass is 248 g/mol. The van der Waals surface area contributed by atoms with Crippen molar-refractivity contribution in [2.45, 2.75) is 24.8 Å². The molecule has 98 valence electrons. The van der Waals surface area contributed by atoms with Gasteiger partial charge in [-0.05, 0) is 37.7 Å². The van der Waals surface area contributed by atoms with Gasteiger partial charge in [0.15, 0.2) is 0 Å². The van der Waals surface area contributed by atoms with Crippen LogP contribution in [-0.4, -0.2) is 36.8 Å². The Morgan fingerprint density at radius 3 is 2.39 bits per heavy atom. The first-order valence-electron chi connectivity index (χ1n) is 6.38. The number of carbonyl (C=O) groups is 1. The molecule has 0 fully saturated rings. The Kier molecular flexibility index (Phi) is 3.99. The molecule has 4 nitrogen and oxygen atoms in total. The summed E-state index contributed by atoms with van der Waals surface area (Å²) in [5.41, 5.74) is 1.50. The largest absolute Gasteiger partial charge is 0.480 e. The third-order valence-electron chi connectivity index (χ3n) is 3.58. The van der Waals surface area contributed by atoms with Gasteiger partial charge in [-0.15, -0.1) is 0 Å². The molecule has 4 heteroatoms. The molecule has 0 amide bonds. The maximum Gasteiger partial charge on any atom is 0.324 e. The molecule has 0 radical (unpaired) electrons. The number of carboxylic acid groups (broad SMARTS) is 1. The van der Waals surface area contributed by atoms with Gasteiger partial charge >= 0.3 is 5.97 Å². The number of hydrogen-bond donors (Lipinski definition) is 3. The van der Waals surface area contributed by atoms with E-state index in [1.165, 1.54) is 0 Å². The summed E-state index contributed by atoms with van der Waals surface area (Å²) >= 11 is 0. The van der Waals surface area contributed by atoms with Crippen LogP contribution in [0.2, 0.25) is 0 Å². The Morgan fingerprint density at radius 2 is 1.89 bits per heavy atom. The zero-order valence-corrected chi connectivity index (χ0v) is 10.7. The number of carboxylic acids is 1. The maximum atomic E-state index is 11.6. The van der Waals surface area contributed by atoms with Crippen molar-refractivity contribution in [2.75, 3.05) is 20.1 Å². The molecule has 0 aromatic heterocycles. The molecule has 1 aromatic rings. The lowest BCUT2D eigenvalue weighted by molar-refractivity contribution is -0.144. The van der Waals surface area contributed by atoms with Crippen LogP contribution in [0.5, 0.6) is 0 Å². The quantitative estimate of drug-likeness (QED) is 0.652. The second-order valence-electron chi connectivity index (χ2n) is 4.89. The van der Waals surface area contributed by atoms with Crippen LogP contribution in [0.4, 0.5) is 0 Å². The summed E-state index contributed by atoms with van der Waals surface area (Å²) in [5, 5.41) is 15.8. The summed E-state index contributed by atoms with van der Waals surface area (Å²) in [5.74, 6) is -0.747. The van der Waals surface area contributed by atoms with Crippen molar-refractivity contribution in [1.82, 2.24) is 10.6 Å². The molecule has 1 aromatic carbocycles. The molecule has 0 heterocycles. The first-order valence-corrected chi connectivity index (χ1v) is 6.38. The second kappa shape index (κ2) is 5.50. The van der Waals surface area contributed by atoms with Gasteiger partial charge in [0.2, 0.25) is 0 Å². The number of fused-ring (bicyclic) bond motifs is 1. The molecular weight excluding hydrogens is 228 g/mol. The molecule has 0 saturated heterocycles. The van der Waals surface area contributed by atoms with Crippen LogP contribution in [0.3, 0.4) is 0 Å². The summed E-state index contributed by atoms with van der Waals surface area (Å²) in [6, 6.07) is 7.99. The number of hydrogen-bond acceptors (Lipinski definition) is 3. The van der Waals surface area contributed by atoms with Crippen molar-refractivity contribution in [3.05, 3.63) is 35.4 Å². The van der Waals surface area contributed by atoms with E-state index in [1.807, 2.05) is 31.3 Å². The van der Waals surface area contributed by atoms with E-state index in [2.05, 4.69) is 10.6 Å². The fraction of sp³-hybridized carbons (Fsp3) is 0.500. The normalized spacial score (nSPS) is 16.5. The summed E-state index contributed by atoms with van der Waals surface area (Å²) in [6.07, 6.45) is 2.10. The molecule has 18 heavy (non-hydrogen) atoms. The molecule has 0 saturated carbocycles. The minimum Gasteiger partial charge on any atom is -0.480 e. The Bertz CT molecular complexity index is 407. The third-order valence-corrected chi connectivity index (χ3v) is 3.58. The van der Waals surface area contributed by atoms with Gasteiger partial charge in [-0.3, -0.25) is 4.79 Å². The SMILES string of the molecule is CNCCCNC1(C(=O)O)Cc2ccccc2C1. The van der Waals surface area contributed by atoms with Gasteiger partial charge in [0.1, 0.15) is 5.54 Å². The molecule has 0 unspecified atom stereocenters. The highest BCUT2D eigenvalue weighted by Crippen LogP contribution is 2.30. The fourth-order valence-electron chi connectivity index (χ4n) is 2.56. The van der Waals surface area contributed by atoms with E-state index in [9.17, 15) is 9.90 Å². The van der Waals surface area contributed by atoms with E-state index in [0.717, 1.165) is 30.6 Å². The van der Waals surface area contributed by atoms with Gasteiger partial charge in [-0.2, -0.15) is 0 Å². The first-order chi connectivity index (χ1) is 8.68. The Balaban J connectivity index is 2.05. The average Bonchev–Trinajstić information content (AvgIpc) is 2.74. The Morgan fingerprint density at radius 1 is 1.28 bits per heavy atom. The highest BCUT2D eigenvalue weighted by Gasteiger charge is 2.43. The van der Waals surface area contributed by atoms with E-state index < -0.39 is 11.5 Å². The van der Waals surface area contributed by atoms with Gasteiger partial charge in [0.25, 0.3) is 0 Å². The van der Waals surface area contributed by atoms with Crippen molar-refractivity contribution >= 4 is 5.97 Å². The van der Waals surface area contributed by atoms with E-state index in [-0.39, 0.29) is 0 Å². The van der Waals surface area contributed by atoms with Crippen LogP contribution in [0.1, 0.15) is 17.5 Å². The van der Waals surface area contributed by atoms with E-state index in [4.69, 9.17) is 0 Å². The summed E-state index contributed by atoms with van der Waals surface area (Å²) in [4.78, 5) is 11.6. The van der Waals surface area contributed by atoms with E-state index >= 15 is 0 Å². The molecule has 0 bridgehead atoms. The molecule has 1 aliphatic carbocycles. The van der Waals surface area contributed by atoms with E-state index in [0.29, 0.717) is 12.8 Å². The molecule has 2 rings (SSSR count). The Hall–Kier alpha value is -1.39. The van der Waals surface area contributed by atoms with Gasteiger partial charge in [0, 0.05) is 12.8 Å². The Labute approximate surface area is 107 Å². The molecule has 3 N–H and O–H groups in total. The lowest BCUT2D eigenvalue weighted by atomic mass is 9.95. The predicted molar refractivity (Wildman–Crippen MR) is 70.8 cm³/mol. The number of nitrogens with one attached hydrogen (secondary N) is 2. The van der Waals surface area contributed by atoms with Crippen molar-refractivity contribution in [3.63, 3.8) is 0 Å². The van der Waals surface area contributed by atoms with E-state index in [1.54, 1.807) is 0 Å². The molecule has 0 spiro atoms. The van der Waals surface area contributed by atoms with Crippen LogP contribution < -0.4 is 10.6 Å². The molecule has 1 aliphatic rings. The molecule has 0 atom stereocenters. The van der Waals surface area contributed by atoms with Crippen molar-refractivity contribution in [2.24, 2.45) is 0 Å². The number of aliphatic carboxylic acids is 1. The highest BCUT2D eigenvalue weighted by atomic mass is 16.4. The zero-order valence-electron chi connectivity index (χ0n) is 10.7. The predicted octanol–water partition coefficient (Wildman–Crippen LogP) is 0.808. The van der Waals surface area contributed by atoms with Gasteiger partial charge in [-0.25, -0.2) is 0 Å². The first kappa shape index (κ1) is 13.1. The third kappa shape index (κ3) is 2.54. The summed E-state index contributed by atoms with van der Waals surface area (Å²) < 4.78 is 0. The zero-order chi connectivity index (χ0) is 13.0. The number of rotatable bonds is 6. The lowest BCUT2D eigenvalue weighted by Crippen LogP contribution is -2.53. The van der Waals surface area contributed by atoms with Crippen LogP contribution in [-0.2, 0) is 17.6 Å². The van der Waals surface area contributed by atoms with Crippen LogP contribution in [0.15, 0.2) is 24.3 Å². The van der Waals surface area contributed by atoms with Gasteiger partial charge in [-0.1, -0.05) is 24.3 Å². The van der Waals surface area contributed by atoms with Crippen LogP contribution in [0, 0.1) is 0 Å². The smallest absolute Gasteiger partial charge is 0.324 e. The molecule has 0 aliphatic heterocycles. The topological polar surface area (TPSA) is 61.4 Å². The van der Waals surface area contributed by atoms with Crippen LogP contribution in [0.25, 0.3) is 0 Å². The van der Waals surface area contributed by atoms with Crippen LogP contribution >= 0.6 is 0 Å². The summed E-state index contributed by atoms with van der Waals surface area (Å²) in [7, 11) is 1.90. The fourth-order valence-corrected chi connectivity index (χ4v) is 2.56. The average molecular weight is 248 g/mol.